The highest BCUT2D eigenvalue weighted by atomic mass is 32.2. The lowest BCUT2D eigenvalue weighted by Crippen LogP contribution is -2.52. The minimum atomic E-state index is -3.57. The lowest BCUT2D eigenvalue weighted by atomic mass is 9.95. The quantitative estimate of drug-likeness (QED) is 0.368. The fourth-order valence-electron chi connectivity index (χ4n) is 5.21. The van der Waals surface area contributed by atoms with Crippen molar-refractivity contribution in [1.82, 2.24) is 10.2 Å². The van der Waals surface area contributed by atoms with E-state index in [4.69, 9.17) is 4.74 Å². The Hall–Kier alpha value is -3.07. The molecule has 0 spiro atoms. The smallest absolute Gasteiger partial charge is 0.243 e. The molecule has 1 fully saturated rings. The summed E-state index contributed by atoms with van der Waals surface area (Å²) in [4.78, 5) is 28.6. The second-order valence-corrected chi connectivity index (χ2v) is 12.1. The molecule has 3 rings (SSSR count). The molecule has 2 amide bonds. The molecule has 1 N–H and O–H groups in total. The van der Waals surface area contributed by atoms with Crippen LogP contribution in [0.3, 0.4) is 0 Å². The molecule has 9 heteroatoms. The Bertz CT molecular complexity index is 1170. The molecule has 8 nitrogen and oxygen atoms in total. The van der Waals surface area contributed by atoms with Gasteiger partial charge in [0.25, 0.3) is 0 Å². The fraction of sp³-hybridized carbons (Fsp3) is 0.533. The molecule has 1 unspecified atom stereocenters. The van der Waals surface area contributed by atoms with Crippen LogP contribution in [0.4, 0.5) is 5.69 Å². The van der Waals surface area contributed by atoms with Gasteiger partial charge in [-0.1, -0.05) is 62.6 Å². The van der Waals surface area contributed by atoms with Crippen molar-refractivity contribution in [2.24, 2.45) is 0 Å². The Balaban J connectivity index is 1.72. The van der Waals surface area contributed by atoms with Crippen molar-refractivity contribution in [3.63, 3.8) is 0 Å². The molecular formula is C30H43N3O5S. The number of benzene rings is 2. The monoisotopic (exact) mass is 557 g/mol. The summed E-state index contributed by atoms with van der Waals surface area (Å²) >= 11 is 0. The van der Waals surface area contributed by atoms with E-state index in [0.717, 1.165) is 37.5 Å². The highest BCUT2D eigenvalue weighted by Gasteiger charge is 2.30. The van der Waals surface area contributed by atoms with Crippen LogP contribution < -0.4 is 14.4 Å². The van der Waals surface area contributed by atoms with Gasteiger partial charge in [0.2, 0.25) is 21.8 Å². The van der Waals surface area contributed by atoms with E-state index >= 15 is 0 Å². The number of sulfonamides is 1. The number of hydrogen-bond donors (Lipinski definition) is 1. The van der Waals surface area contributed by atoms with Crippen LogP contribution in [0, 0.1) is 0 Å². The van der Waals surface area contributed by atoms with Gasteiger partial charge in [0.1, 0.15) is 11.8 Å². The Morgan fingerprint density at radius 3 is 2.38 bits per heavy atom. The van der Waals surface area contributed by atoms with Gasteiger partial charge in [-0.05, 0) is 49.8 Å². The number of nitrogens with one attached hydrogen (secondary N) is 1. The zero-order valence-corrected chi connectivity index (χ0v) is 24.3. The summed E-state index contributed by atoms with van der Waals surface area (Å²) in [6.07, 6.45) is 8.15. The van der Waals surface area contributed by atoms with E-state index in [9.17, 15) is 18.0 Å². The third kappa shape index (κ3) is 9.27. The number of carbonyl (C=O) groups is 2. The molecule has 0 aromatic heterocycles. The number of ether oxygens (including phenoxy) is 1. The summed E-state index contributed by atoms with van der Waals surface area (Å²) in [6, 6.07) is 16.4. The van der Waals surface area contributed by atoms with Gasteiger partial charge < -0.3 is 15.0 Å². The number of rotatable bonds is 14. The summed E-state index contributed by atoms with van der Waals surface area (Å²) < 4.78 is 31.7. The third-order valence-corrected chi connectivity index (χ3v) is 8.51. The van der Waals surface area contributed by atoms with Crippen LogP contribution in [0.1, 0.15) is 63.9 Å². The first-order valence-corrected chi connectivity index (χ1v) is 15.8. The number of amides is 2. The maximum absolute atomic E-state index is 13.6. The van der Waals surface area contributed by atoms with Crippen LogP contribution in [0.5, 0.6) is 5.75 Å². The third-order valence-electron chi connectivity index (χ3n) is 7.32. The van der Waals surface area contributed by atoms with Crippen molar-refractivity contribution in [1.29, 1.82) is 0 Å². The van der Waals surface area contributed by atoms with Crippen LogP contribution in [0.2, 0.25) is 0 Å². The molecule has 0 radical (unpaired) electrons. The molecule has 214 valence electrons. The molecule has 2 aromatic rings. The zero-order chi connectivity index (χ0) is 28.3. The predicted molar refractivity (Wildman–Crippen MR) is 155 cm³/mol. The Labute approximate surface area is 233 Å². The van der Waals surface area contributed by atoms with Crippen LogP contribution in [-0.4, -0.2) is 63.7 Å². The van der Waals surface area contributed by atoms with E-state index in [0.29, 0.717) is 37.2 Å². The summed E-state index contributed by atoms with van der Waals surface area (Å²) in [5.41, 5.74) is 1.59. The number of hydrogen-bond acceptors (Lipinski definition) is 5. The van der Waals surface area contributed by atoms with Crippen LogP contribution >= 0.6 is 0 Å². The molecule has 2 aromatic carbocycles. The first kappa shape index (κ1) is 30.5. The van der Waals surface area contributed by atoms with Crippen molar-refractivity contribution >= 4 is 27.5 Å². The maximum Gasteiger partial charge on any atom is 0.243 e. The van der Waals surface area contributed by atoms with Gasteiger partial charge >= 0.3 is 0 Å². The standard InChI is InChI=1S/C30H43N3O5S/c1-4-28(30(35)31-25-15-9-6-10-16-25)32(22-20-24-13-7-5-8-14-24)29(34)19-12-21-33(39(3,36)37)26-17-11-18-27(23-26)38-2/h5,7-8,11,13-14,17-18,23,25,28H,4,6,9-10,12,15-16,19-22H2,1-3H3,(H,31,35). The van der Waals surface area contributed by atoms with E-state index in [-0.39, 0.29) is 30.8 Å². The van der Waals surface area contributed by atoms with Gasteiger partial charge in [0, 0.05) is 31.6 Å². The van der Waals surface area contributed by atoms with Crippen LogP contribution in [-0.2, 0) is 26.0 Å². The Morgan fingerprint density at radius 1 is 1.03 bits per heavy atom. The summed E-state index contributed by atoms with van der Waals surface area (Å²) in [6.45, 7) is 2.50. The van der Waals surface area contributed by atoms with Crippen molar-refractivity contribution in [2.45, 2.75) is 76.8 Å². The summed E-state index contributed by atoms with van der Waals surface area (Å²) in [5.74, 6) is 0.315. The van der Waals surface area contributed by atoms with E-state index < -0.39 is 16.1 Å². The first-order chi connectivity index (χ1) is 18.7. The maximum atomic E-state index is 13.6. The minimum absolute atomic E-state index is 0.0973. The molecule has 1 atom stereocenters. The molecule has 0 heterocycles. The zero-order valence-electron chi connectivity index (χ0n) is 23.5. The normalized spacial score (nSPS) is 14.8. The molecule has 0 saturated heterocycles. The van der Waals surface area contributed by atoms with Crippen molar-refractivity contribution < 1.29 is 22.7 Å². The molecule has 1 aliphatic rings. The van der Waals surface area contributed by atoms with E-state index in [1.54, 1.807) is 29.2 Å². The molecule has 0 aliphatic heterocycles. The molecule has 0 bridgehead atoms. The molecule has 39 heavy (non-hydrogen) atoms. The summed E-state index contributed by atoms with van der Waals surface area (Å²) in [7, 11) is -2.04. The minimum Gasteiger partial charge on any atom is -0.497 e. The van der Waals surface area contributed by atoms with Crippen LogP contribution in [0.25, 0.3) is 0 Å². The Morgan fingerprint density at radius 2 is 1.74 bits per heavy atom. The highest BCUT2D eigenvalue weighted by molar-refractivity contribution is 7.92. The van der Waals surface area contributed by atoms with Gasteiger partial charge in [-0.2, -0.15) is 0 Å². The lowest BCUT2D eigenvalue weighted by molar-refractivity contribution is -0.141. The molecular weight excluding hydrogens is 514 g/mol. The largest absolute Gasteiger partial charge is 0.497 e. The summed E-state index contributed by atoms with van der Waals surface area (Å²) in [5, 5.41) is 3.20. The number of carbonyl (C=O) groups excluding carboxylic acids is 2. The van der Waals surface area contributed by atoms with Crippen molar-refractivity contribution in [3.8, 4) is 5.75 Å². The van der Waals surface area contributed by atoms with Gasteiger partial charge in [-0.15, -0.1) is 0 Å². The highest BCUT2D eigenvalue weighted by Crippen LogP contribution is 2.24. The molecule has 1 aliphatic carbocycles. The average molecular weight is 558 g/mol. The number of nitrogens with zero attached hydrogens (tertiary/aromatic N) is 2. The first-order valence-electron chi connectivity index (χ1n) is 14.0. The van der Waals surface area contributed by atoms with E-state index in [1.165, 1.54) is 17.8 Å². The van der Waals surface area contributed by atoms with Gasteiger partial charge in [-0.3, -0.25) is 13.9 Å². The van der Waals surface area contributed by atoms with Gasteiger partial charge in [0.15, 0.2) is 0 Å². The van der Waals surface area contributed by atoms with Crippen molar-refractivity contribution in [2.75, 3.05) is 30.8 Å². The van der Waals surface area contributed by atoms with Crippen LogP contribution in [0.15, 0.2) is 54.6 Å². The lowest BCUT2D eigenvalue weighted by Gasteiger charge is -2.33. The van der Waals surface area contributed by atoms with E-state index in [1.807, 2.05) is 37.3 Å². The van der Waals surface area contributed by atoms with E-state index in [2.05, 4.69) is 5.32 Å². The second kappa shape index (κ2) is 14.9. The SMILES string of the molecule is CCC(C(=O)NC1CCCCC1)N(CCc1ccccc1)C(=O)CCCN(c1cccc(OC)c1)S(C)(=O)=O. The topological polar surface area (TPSA) is 96.0 Å². The average Bonchev–Trinajstić information content (AvgIpc) is 2.93. The van der Waals surface area contributed by atoms with Gasteiger partial charge in [-0.25, -0.2) is 8.42 Å². The number of anilines is 1. The Kier molecular flexibility index (Phi) is 11.7. The van der Waals surface area contributed by atoms with Gasteiger partial charge in [0.05, 0.1) is 19.1 Å². The number of methoxy groups -OCH3 is 1. The fourth-order valence-corrected chi connectivity index (χ4v) is 6.17. The second-order valence-electron chi connectivity index (χ2n) is 10.2. The predicted octanol–water partition coefficient (Wildman–Crippen LogP) is 4.54. The molecule has 1 saturated carbocycles. The van der Waals surface area contributed by atoms with Crippen molar-refractivity contribution in [3.05, 3.63) is 60.2 Å².